The Kier molecular flexibility index (Phi) is 8.75. The number of nitrogens with zero attached hydrogens (tertiary/aromatic N) is 2. The lowest BCUT2D eigenvalue weighted by Crippen LogP contribution is -2.36. The first-order valence-corrected chi connectivity index (χ1v) is 16.8. The lowest BCUT2D eigenvalue weighted by Gasteiger charge is -2.31. The monoisotopic (exact) mass is 625 g/mol. The molecule has 2 heterocycles. The zero-order valence-corrected chi connectivity index (χ0v) is 26.5. The van der Waals surface area contributed by atoms with Gasteiger partial charge in [0.05, 0.1) is 5.57 Å². The van der Waals surface area contributed by atoms with Crippen LogP contribution in [0.2, 0.25) is 0 Å². The van der Waals surface area contributed by atoms with E-state index in [9.17, 15) is 14.7 Å². The fourth-order valence-electron chi connectivity index (χ4n) is 7.99. The van der Waals surface area contributed by atoms with Gasteiger partial charge < -0.3 is 15.1 Å². The smallest absolute Gasteiger partial charge is 0.370 e. The number of aliphatic carboxylic acids is 2. The van der Waals surface area contributed by atoms with Gasteiger partial charge in [-0.2, -0.15) is 4.57 Å². The Balaban J connectivity index is 1.12. The van der Waals surface area contributed by atoms with Crippen molar-refractivity contribution in [1.82, 2.24) is 0 Å². The van der Waals surface area contributed by atoms with Gasteiger partial charge in [0.2, 0.25) is 6.54 Å². The van der Waals surface area contributed by atoms with Crippen molar-refractivity contribution in [3.8, 4) is 0 Å². The summed E-state index contributed by atoms with van der Waals surface area (Å²) >= 11 is 0. The van der Waals surface area contributed by atoms with Gasteiger partial charge in [-0.05, 0) is 91.0 Å². The van der Waals surface area contributed by atoms with E-state index in [0.29, 0.717) is 29.4 Å². The van der Waals surface area contributed by atoms with Crippen molar-refractivity contribution in [3.05, 3.63) is 143 Å². The standard InChI is InChI=1S/C41H40N2O4/c44-40(45)27-42-22-20-32(21-23-42)36(41(46)47)25-29-16-19-39-37(26-29)34-12-7-13-38(34)43(39)33-17-14-28(15-18-33)24-35(30-8-3-1-4-9-30)31-10-5-2-6-11-31/h1,3-5,8-11,14,16-23,25-26,28,34-35,38H,2,6-7,12-13,15,24,27H2,(H-,44,45,46,47)/p+1. The molecule has 6 nitrogen and oxygen atoms in total. The number of allylic oxidation sites excluding steroid dienone is 7. The summed E-state index contributed by atoms with van der Waals surface area (Å²) in [5.74, 6) is -0.666. The van der Waals surface area contributed by atoms with Crippen LogP contribution in [0.5, 0.6) is 0 Å². The number of carbonyl (C=O) groups is 2. The Hall–Kier alpha value is -4.97. The molecule has 0 spiro atoms. The predicted octanol–water partition coefficient (Wildman–Crippen LogP) is 8.05. The van der Waals surface area contributed by atoms with Crippen LogP contribution in [0.4, 0.5) is 5.69 Å². The van der Waals surface area contributed by atoms with Crippen molar-refractivity contribution in [1.29, 1.82) is 0 Å². The summed E-state index contributed by atoms with van der Waals surface area (Å²) in [6, 6.07) is 21.0. The average Bonchev–Trinajstić information content (AvgIpc) is 3.68. The minimum atomic E-state index is -1.01. The maximum Gasteiger partial charge on any atom is 0.370 e. The van der Waals surface area contributed by atoms with Gasteiger partial charge in [-0.15, -0.1) is 0 Å². The lowest BCUT2D eigenvalue weighted by atomic mass is 9.79. The Morgan fingerprint density at radius 1 is 0.957 bits per heavy atom. The summed E-state index contributed by atoms with van der Waals surface area (Å²) in [6.45, 7) is -0.174. The molecule has 1 aromatic heterocycles. The predicted molar refractivity (Wildman–Crippen MR) is 185 cm³/mol. The number of carboxylic acid groups (broad SMARTS) is 2. The van der Waals surface area contributed by atoms with E-state index in [1.54, 1.807) is 30.6 Å². The molecular formula is C41H41N2O4+. The van der Waals surface area contributed by atoms with E-state index < -0.39 is 11.9 Å². The molecule has 2 N–H and O–H groups in total. The molecule has 0 bridgehead atoms. The number of carboxylic acids is 2. The van der Waals surface area contributed by atoms with Gasteiger partial charge in [0.1, 0.15) is 0 Å². The van der Waals surface area contributed by atoms with Crippen LogP contribution in [0.25, 0.3) is 11.6 Å². The van der Waals surface area contributed by atoms with Crippen LogP contribution in [0.15, 0.2) is 121 Å². The molecule has 7 rings (SSSR count). The number of fused-ring (bicyclic) bond motifs is 3. The molecule has 0 radical (unpaired) electrons. The second-order valence-electron chi connectivity index (χ2n) is 13.2. The van der Waals surface area contributed by atoms with Crippen LogP contribution >= 0.6 is 0 Å². The third-order valence-electron chi connectivity index (χ3n) is 10.2. The molecule has 6 heteroatoms. The summed E-state index contributed by atoms with van der Waals surface area (Å²) in [5, 5.41) is 19.1. The first-order chi connectivity index (χ1) is 22.9. The van der Waals surface area contributed by atoms with Gasteiger partial charge in [-0.3, -0.25) is 0 Å². The highest BCUT2D eigenvalue weighted by Crippen LogP contribution is 2.52. The Labute approximate surface area is 276 Å². The van der Waals surface area contributed by atoms with Gasteiger partial charge in [0, 0.05) is 47.0 Å². The Morgan fingerprint density at radius 3 is 2.49 bits per heavy atom. The number of benzene rings is 2. The molecule has 0 saturated heterocycles. The van der Waals surface area contributed by atoms with E-state index in [1.165, 1.54) is 39.1 Å². The minimum Gasteiger partial charge on any atom is -0.478 e. The van der Waals surface area contributed by atoms with Gasteiger partial charge in [0.25, 0.3) is 0 Å². The zero-order valence-electron chi connectivity index (χ0n) is 26.5. The maximum atomic E-state index is 12.3. The first kappa shape index (κ1) is 30.7. The minimum absolute atomic E-state index is 0.174. The van der Waals surface area contributed by atoms with Gasteiger partial charge in [0.15, 0.2) is 12.4 Å². The van der Waals surface area contributed by atoms with Crippen LogP contribution < -0.4 is 9.47 Å². The molecule has 4 unspecified atom stereocenters. The van der Waals surface area contributed by atoms with Crippen LogP contribution in [0, 0.1) is 5.92 Å². The molecule has 1 aliphatic heterocycles. The maximum absolute atomic E-state index is 12.3. The number of aromatic nitrogens is 1. The number of pyridine rings is 1. The fraction of sp³-hybridized carbons (Fsp3) is 0.293. The van der Waals surface area contributed by atoms with Crippen LogP contribution in [-0.2, 0) is 16.1 Å². The van der Waals surface area contributed by atoms with E-state index in [0.717, 1.165) is 44.1 Å². The average molecular weight is 626 g/mol. The highest BCUT2D eigenvalue weighted by molar-refractivity contribution is 6.20. The van der Waals surface area contributed by atoms with Crippen LogP contribution in [0.3, 0.4) is 0 Å². The normalized spacial score (nSPS) is 22.3. The van der Waals surface area contributed by atoms with E-state index >= 15 is 0 Å². The van der Waals surface area contributed by atoms with Crippen LogP contribution in [-0.4, -0.2) is 28.2 Å². The molecule has 3 aliphatic carbocycles. The van der Waals surface area contributed by atoms with E-state index in [1.807, 2.05) is 6.07 Å². The van der Waals surface area contributed by atoms with E-state index in [-0.39, 0.29) is 12.1 Å². The molecule has 1 fully saturated rings. The van der Waals surface area contributed by atoms with Crippen molar-refractivity contribution in [3.63, 3.8) is 0 Å². The van der Waals surface area contributed by atoms with Crippen molar-refractivity contribution in [2.75, 3.05) is 4.90 Å². The SMILES string of the molecule is O=C(O)C[n+]1ccc(/C(=C/c2ccc3c(c2)C2CCCC2N3C2=CCC(CC(C3=CCCC=C3)c3ccccc3)C=C2)C(=O)O)cc1. The van der Waals surface area contributed by atoms with Gasteiger partial charge in [-0.1, -0.05) is 73.2 Å². The van der Waals surface area contributed by atoms with Gasteiger partial charge >= 0.3 is 11.9 Å². The topological polar surface area (TPSA) is 81.7 Å². The molecule has 1 saturated carbocycles. The number of hydrogen-bond donors (Lipinski definition) is 2. The van der Waals surface area contributed by atoms with E-state index in [4.69, 9.17) is 5.11 Å². The quantitative estimate of drug-likeness (QED) is 0.176. The molecule has 3 aromatic rings. The molecule has 47 heavy (non-hydrogen) atoms. The molecule has 0 amide bonds. The summed E-state index contributed by atoms with van der Waals surface area (Å²) in [7, 11) is 0. The Bertz CT molecular complexity index is 1820. The largest absolute Gasteiger partial charge is 0.478 e. The van der Waals surface area contributed by atoms with Crippen LogP contribution in [0.1, 0.15) is 79.0 Å². The summed E-state index contributed by atoms with van der Waals surface area (Å²) in [4.78, 5) is 25.9. The fourth-order valence-corrected chi connectivity index (χ4v) is 7.99. The van der Waals surface area contributed by atoms with E-state index in [2.05, 4.69) is 83.8 Å². The zero-order chi connectivity index (χ0) is 32.3. The highest BCUT2D eigenvalue weighted by atomic mass is 16.4. The molecule has 4 atom stereocenters. The molecule has 2 aromatic carbocycles. The second kappa shape index (κ2) is 13.4. The Morgan fingerprint density at radius 2 is 1.79 bits per heavy atom. The first-order valence-electron chi connectivity index (χ1n) is 16.8. The summed E-state index contributed by atoms with van der Waals surface area (Å²) < 4.78 is 1.51. The number of hydrogen-bond acceptors (Lipinski definition) is 3. The number of anilines is 1. The number of rotatable bonds is 10. The molecule has 4 aliphatic rings. The third-order valence-corrected chi connectivity index (χ3v) is 10.2. The van der Waals surface area contributed by atoms with Gasteiger partial charge in [-0.25, -0.2) is 9.59 Å². The van der Waals surface area contributed by atoms with Crippen molar-refractivity contribution in [2.45, 2.75) is 69.4 Å². The molecular weight excluding hydrogens is 584 g/mol. The second-order valence-corrected chi connectivity index (χ2v) is 13.2. The lowest BCUT2D eigenvalue weighted by molar-refractivity contribution is -0.685. The van der Waals surface area contributed by atoms with Crippen molar-refractivity contribution in [2.24, 2.45) is 5.92 Å². The third kappa shape index (κ3) is 6.50. The highest BCUT2D eigenvalue weighted by Gasteiger charge is 2.42. The summed E-state index contributed by atoms with van der Waals surface area (Å²) in [6.07, 6.45) is 27.0. The molecule has 238 valence electrons. The van der Waals surface area contributed by atoms with Crippen molar-refractivity contribution < 1.29 is 24.4 Å². The summed E-state index contributed by atoms with van der Waals surface area (Å²) in [5.41, 5.74) is 8.23. The van der Waals surface area contributed by atoms with Crippen molar-refractivity contribution >= 4 is 29.3 Å².